The fourth-order valence-electron chi connectivity index (χ4n) is 3.52. The van der Waals surface area contributed by atoms with Crippen LogP contribution in [0.3, 0.4) is 0 Å². The highest BCUT2D eigenvalue weighted by molar-refractivity contribution is 7.91. The van der Waals surface area contributed by atoms with Gasteiger partial charge in [0.05, 0.1) is 23.3 Å². The van der Waals surface area contributed by atoms with Gasteiger partial charge in [0.2, 0.25) is 11.8 Å². The summed E-state index contributed by atoms with van der Waals surface area (Å²) in [7, 11) is -3.57. The van der Waals surface area contributed by atoms with Crippen molar-refractivity contribution in [1.29, 1.82) is 0 Å². The number of carbonyl (C=O) groups is 2. The molecule has 0 unspecified atom stereocenters. The van der Waals surface area contributed by atoms with Gasteiger partial charge in [-0.2, -0.15) is 4.98 Å². The van der Waals surface area contributed by atoms with Crippen LogP contribution < -0.4 is 10.1 Å². The van der Waals surface area contributed by atoms with Gasteiger partial charge in [0.25, 0.3) is 0 Å². The summed E-state index contributed by atoms with van der Waals surface area (Å²) in [5.74, 6) is 0.317. The van der Waals surface area contributed by atoms with Crippen molar-refractivity contribution in [3.05, 3.63) is 36.0 Å². The number of carbonyl (C=O) groups excluding carboxylic acids is 2. The van der Waals surface area contributed by atoms with E-state index in [9.17, 15) is 18.0 Å². The Morgan fingerprint density at radius 2 is 2.03 bits per heavy atom. The summed E-state index contributed by atoms with van der Waals surface area (Å²) in [6.07, 6.45) is 4.43. The molecule has 0 radical (unpaired) electrons. The Balaban J connectivity index is 1.35. The van der Waals surface area contributed by atoms with E-state index in [1.165, 1.54) is 4.90 Å². The predicted octanol–water partition coefficient (Wildman–Crippen LogP) is 1.46. The molecule has 3 amide bonds. The van der Waals surface area contributed by atoms with Gasteiger partial charge >= 0.3 is 6.03 Å². The van der Waals surface area contributed by atoms with Gasteiger partial charge in [-0.15, -0.1) is 0 Å². The first kappa shape index (κ1) is 20.3. The molecule has 11 heteroatoms. The molecule has 1 aromatic carbocycles. The van der Waals surface area contributed by atoms with Gasteiger partial charge < -0.3 is 14.2 Å². The van der Waals surface area contributed by atoms with Crippen molar-refractivity contribution in [2.24, 2.45) is 0 Å². The summed E-state index contributed by atoms with van der Waals surface area (Å²) in [4.78, 5) is 28.3. The molecule has 1 aliphatic carbocycles. The monoisotopic (exact) mass is 434 g/mol. The van der Waals surface area contributed by atoms with E-state index in [1.807, 2.05) is 0 Å². The summed E-state index contributed by atoms with van der Waals surface area (Å²) in [6, 6.07) is 6.01. The van der Waals surface area contributed by atoms with Crippen LogP contribution in [-0.2, 0) is 27.6 Å². The number of imide groups is 1. The molecule has 2 aliphatic rings. The fraction of sp³-hybridized carbons (Fsp3) is 0.474. The van der Waals surface area contributed by atoms with Crippen LogP contribution in [0.4, 0.5) is 4.79 Å². The van der Waals surface area contributed by atoms with Crippen molar-refractivity contribution in [3.63, 3.8) is 0 Å². The lowest BCUT2D eigenvalue weighted by Gasteiger charge is -2.13. The number of sulfone groups is 1. The number of aromatic nitrogens is 2. The van der Waals surface area contributed by atoms with Gasteiger partial charge in [0, 0.05) is 6.42 Å². The summed E-state index contributed by atoms with van der Waals surface area (Å²) < 4.78 is 36.4. The van der Waals surface area contributed by atoms with Crippen molar-refractivity contribution >= 4 is 21.8 Å². The first-order valence-electron chi connectivity index (χ1n) is 9.79. The average molecular weight is 434 g/mol. The van der Waals surface area contributed by atoms with Crippen LogP contribution in [0.1, 0.15) is 37.4 Å². The molecule has 2 aromatic rings. The molecular weight excluding hydrogens is 412 g/mol. The maximum Gasteiger partial charge on any atom is 0.324 e. The van der Waals surface area contributed by atoms with E-state index in [4.69, 9.17) is 9.26 Å². The third-order valence-corrected chi connectivity index (χ3v) is 6.78. The van der Waals surface area contributed by atoms with Gasteiger partial charge in [0.15, 0.2) is 15.7 Å². The maximum atomic E-state index is 12.7. The van der Waals surface area contributed by atoms with Crippen molar-refractivity contribution in [2.45, 2.75) is 49.6 Å². The van der Waals surface area contributed by atoms with E-state index in [2.05, 4.69) is 15.5 Å². The number of benzene rings is 1. The third-order valence-electron chi connectivity index (χ3n) is 5.06. The number of nitrogens with zero attached hydrogens (tertiary/aromatic N) is 3. The molecule has 1 saturated carbocycles. The second-order valence-corrected chi connectivity index (χ2v) is 9.49. The molecule has 1 aromatic heterocycles. The number of rotatable bonds is 8. The van der Waals surface area contributed by atoms with Crippen molar-refractivity contribution < 1.29 is 27.3 Å². The number of hydrogen-bond donors (Lipinski definition) is 1. The minimum Gasteiger partial charge on any atom is -0.490 e. The molecule has 30 heavy (non-hydrogen) atoms. The Morgan fingerprint density at radius 1 is 1.23 bits per heavy atom. The molecule has 2 fully saturated rings. The summed E-state index contributed by atoms with van der Waals surface area (Å²) in [6.45, 7) is -0.0648. The highest BCUT2D eigenvalue weighted by atomic mass is 32.2. The van der Waals surface area contributed by atoms with Gasteiger partial charge in [0.1, 0.15) is 12.3 Å². The lowest BCUT2D eigenvalue weighted by atomic mass is 10.3. The number of amides is 3. The Morgan fingerprint density at radius 3 is 2.77 bits per heavy atom. The second-order valence-electron chi connectivity index (χ2n) is 7.38. The zero-order valence-electron chi connectivity index (χ0n) is 16.2. The number of urea groups is 1. The largest absolute Gasteiger partial charge is 0.490 e. The Kier molecular flexibility index (Phi) is 5.71. The Bertz CT molecular complexity index is 1040. The van der Waals surface area contributed by atoms with Gasteiger partial charge in [-0.1, -0.05) is 11.2 Å². The van der Waals surface area contributed by atoms with Crippen LogP contribution >= 0.6 is 0 Å². The number of nitrogens with one attached hydrogen (secondary N) is 1. The molecule has 2 heterocycles. The van der Waals surface area contributed by atoms with E-state index in [0.29, 0.717) is 5.75 Å². The summed E-state index contributed by atoms with van der Waals surface area (Å²) >= 11 is 0. The van der Waals surface area contributed by atoms with Gasteiger partial charge in [-0.25, -0.2) is 13.2 Å². The maximum absolute atomic E-state index is 12.7. The van der Waals surface area contributed by atoms with Crippen molar-refractivity contribution in [3.8, 4) is 5.75 Å². The summed E-state index contributed by atoms with van der Waals surface area (Å²) in [5, 5.41) is 5.91. The van der Waals surface area contributed by atoms with Crippen LogP contribution in [0, 0.1) is 0 Å². The van der Waals surface area contributed by atoms with Crippen LogP contribution in [0.15, 0.2) is 33.7 Å². The minimum absolute atomic E-state index is 0.00831. The van der Waals surface area contributed by atoms with Crippen molar-refractivity contribution in [1.82, 2.24) is 20.4 Å². The predicted molar refractivity (Wildman–Crippen MR) is 103 cm³/mol. The smallest absolute Gasteiger partial charge is 0.324 e. The van der Waals surface area contributed by atoms with Crippen LogP contribution in [0.2, 0.25) is 0 Å². The second kappa shape index (κ2) is 8.42. The molecule has 1 saturated heterocycles. The zero-order valence-corrected chi connectivity index (χ0v) is 17.1. The third kappa shape index (κ3) is 4.78. The molecule has 10 nitrogen and oxygen atoms in total. The number of ether oxygens (including phenoxy) is 1. The van der Waals surface area contributed by atoms with Crippen LogP contribution in [0.25, 0.3) is 0 Å². The van der Waals surface area contributed by atoms with E-state index in [0.717, 1.165) is 25.7 Å². The minimum atomic E-state index is -3.57. The summed E-state index contributed by atoms with van der Waals surface area (Å²) in [5.41, 5.74) is 0. The van der Waals surface area contributed by atoms with Crippen LogP contribution in [-0.4, -0.2) is 53.8 Å². The fourth-order valence-corrected chi connectivity index (χ4v) is 4.78. The standard InChI is InChI=1S/C19H22N4O6S/c24-17-12-23(19(25)21-17)11-16-20-18(29-22-16)8-9-30(26,27)15-7-3-6-14(10-15)28-13-4-1-2-5-13/h3,6-7,10,13H,1-2,4-5,8-9,11-12H2,(H,21,24,25). The number of hydrogen-bond acceptors (Lipinski definition) is 8. The van der Waals surface area contributed by atoms with Crippen LogP contribution in [0.5, 0.6) is 5.75 Å². The first-order valence-corrected chi connectivity index (χ1v) is 11.4. The highest BCUT2D eigenvalue weighted by Gasteiger charge is 2.28. The quantitative estimate of drug-likeness (QED) is 0.618. The Hall–Kier alpha value is -2.95. The lowest BCUT2D eigenvalue weighted by Crippen LogP contribution is -2.28. The molecule has 4 rings (SSSR count). The SMILES string of the molecule is O=C1CN(Cc2noc(CCS(=O)(=O)c3cccc(OC4CCCC4)c3)n2)C(=O)N1. The molecule has 160 valence electrons. The Labute approximate surface area is 173 Å². The molecule has 1 N–H and O–H groups in total. The molecule has 1 aliphatic heterocycles. The van der Waals surface area contributed by atoms with Crippen molar-refractivity contribution in [2.75, 3.05) is 12.3 Å². The first-order chi connectivity index (χ1) is 14.4. The molecule has 0 atom stereocenters. The average Bonchev–Trinajstić information content (AvgIpc) is 3.44. The molecule has 0 bridgehead atoms. The van der Waals surface area contributed by atoms with E-state index < -0.39 is 21.8 Å². The zero-order chi connectivity index (χ0) is 21.1. The van der Waals surface area contributed by atoms with E-state index >= 15 is 0 Å². The topological polar surface area (TPSA) is 132 Å². The molecular formula is C19H22N4O6S. The van der Waals surface area contributed by atoms with Gasteiger partial charge in [-0.05, 0) is 43.9 Å². The normalized spacial score (nSPS) is 17.5. The number of aryl methyl sites for hydroxylation is 1. The van der Waals surface area contributed by atoms with Gasteiger partial charge in [-0.3, -0.25) is 10.1 Å². The van der Waals surface area contributed by atoms with E-state index in [1.54, 1.807) is 24.3 Å². The highest BCUT2D eigenvalue weighted by Crippen LogP contribution is 2.26. The van der Waals surface area contributed by atoms with E-state index in [-0.39, 0.29) is 48.0 Å². The molecule has 0 spiro atoms. The lowest BCUT2D eigenvalue weighted by molar-refractivity contribution is -0.118.